The van der Waals surface area contributed by atoms with Gasteiger partial charge in [0.1, 0.15) is 11.5 Å². The van der Waals surface area contributed by atoms with Gasteiger partial charge in [-0.25, -0.2) is 8.42 Å². The largest absolute Gasteiger partial charge is 0.497 e. The highest BCUT2D eigenvalue weighted by atomic mass is 32.2. The Hall–Kier alpha value is -2.55. The molecule has 1 saturated heterocycles. The second kappa shape index (κ2) is 6.99. The van der Waals surface area contributed by atoms with Crippen LogP contribution in [-0.4, -0.2) is 49.8 Å². The predicted molar refractivity (Wildman–Crippen MR) is 96.8 cm³/mol. The van der Waals surface area contributed by atoms with Gasteiger partial charge in [-0.2, -0.15) is 5.10 Å². The van der Waals surface area contributed by atoms with Crippen LogP contribution in [0.15, 0.2) is 24.4 Å². The molecule has 0 radical (unpaired) electrons. The molecule has 0 bridgehead atoms. The maximum atomic E-state index is 12.7. The van der Waals surface area contributed by atoms with Gasteiger partial charge in [0, 0.05) is 11.8 Å². The Kier molecular flexibility index (Phi) is 4.90. The molecule has 0 saturated carbocycles. The molecule has 9 heteroatoms. The van der Waals surface area contributed by atoms with E-state index in [2.05, 4.69) is 10.4 Å². The average Bonchev–Trinajstić information content (AvgIpc) is 3.16. The van der Waals surface area contributed by atoms with Crippen molar-refractivity contribution in [2.24, 2.45) is 0 Å². The maximum absolute atomic E-state index is 12.7. The Balaban J connectivity index is 1.84. The number of anilines is 1. The number of nitrogens with zero attached hydrogens (tertiary/aromatic N) is 2. The molecule has 0 aliphatic carbocycles. The monoisotopic (exact) mass is 379 g/mol. The first-order chi connectivity index (χ1) is 12.3. The van der Waals surface area contributed by atoms with Gasteiger partial charge in [0.05, 0.1) is 49.2 Å². The van der Waals surface area contributed by atoms with Gasteiger partial charge >= 0.3 is 0 Å². The van der Waals surface area contributed by atoms with E-state index in [1.54, 1.807) is 29.8 Å². The van der Waals surface area contributed by atoms with Crippen molar-refractivity contribution in [2.75, 3.05) is 31.0 Å². The first kappa shape index (κ1) is 18.2. The van der Waals surface area contributed by atoms with Crippen molar-refractivity contribution < 1.29 is 22.7 Å². The fraction of sp³-hybridized carbons (Fsp3) is 0.412. The topological polar surface area (TPSA) is 99.5 Å². The van der Waals surface area contributed by atoms with Crippen molar-refractivity contribution in [3.63, 3.8) is 0 Å². The average molecular weight is 379 g/mol. The third-order valence-corrected chi connectivity index (χ3v) is 6.25. The number of sulfone groups is 1. The van der Waals surface area contributed by atoms with Crippen molar-refractivity contribution in [3.05, 3.63) is 35.7 Å². The molecule has 0 spiro atoms. The number of methoxy groups -OCH3 is 2. The van der Waals surface area contributed by atoms with E-state index in [4.69, 9.17) is 9.47 Å². The van der Waals surface area contributed by atoms with Crippen LogP contribution in [0, 0.1) is 6.92 Å². The van der Waals surface area contributed by atoms with E-state index in [0.29, 0.717) is 34.9 Å². The highest BCUT2D eigenvalue weighted by Crippen LogP contribution is 2.30. The summed E-state index contributed by atoms with van der Waals surface area (Å²) in [5.41, 5.74) is 1.50. The van der Waals surface area contributed by atoms with Crippen molar-refractivity contribution in [1.29, 1.82) is 0 Å². The van der Waals surface area contributed by atoms with Gasteiger partial charge in [0.2, 0.25) is 0 Å². The van der Waals surface area contributed by atoms with Crippen LogP contribution in [0.25, 0.3) is 0 Å². The molecule has 1 unspecified atom stereocenters. The zero-order valence-corrected chi connectivity index (χ0v) is 15.7. The summed E-state index contributed by atoms with van der Waals surface area (Å²) in [6.07, 6.45) is 1.97. The summed E-state index contributed by atoms with van der Waals surface area (Å²) in [5, 5.41) is 7.04. The zero-order chi connectivity index (χ0) is 18.9. The van der Waals surface area contributed by atoms with Gasteiger partial charge in [-0.3, -0.25) is 9.48 Å². The standard InChI is InChI=1S/C17H21N3O5S/c1-11-14(9-18-20(11)12-6-7-26(22,23)10-12)17(21)19-15-8-13(24-2)4-5-16(15)25-3/h4-5,8-9,12H,6-7,10H2,1-3H3,(H,19,21). The van der Waals surface area contributed by atoms with Gasteiger partial charge in [-0.1, -0.05) is 0 Å². The van der Waals surface area contributed by atoms with Crippen molar-refractivity contribution in [2.45, 2.75) is 19.4 Å². The number of benzene rings is 1. The van der Waals surface area contributed by atoms with Crippen LogP contribution < -0.4 is 14.8 Å². The minimum absolute atomic E-state index is 0.0558. The SMILES string of the molecule is COc1ccc(OC)c(NC(=O)c2cnn(C3CCS(=O)(=O)C3)c2C)c1. The second-order valence-corrected chi connectivity index (χ2v) is 8.39. The molecule has 1 fully saturated rings. The molecular formula is C17H21N3O5S. The number of carbonyl (C=O) groups excluding carboxylic acids is 1. The van der Waals surface area contributed by atoms with Gasteiger partial charge in [0.15, 0.2) is 9.84 Å². The van der Waals surface area contributed by atoms with E-state index in [1.165, 1.54) is 20.4 Å². The molecule has 1 aliphatic heterocycles. The number of amides is 1. The van der Waals surface area contributed by atoms with E-state index in [9.17, 15) is 13.2 Å². The van der Waals surface area contributed by atoms with E-state index in [-0.39, 0.29) is 23.5 Å². The highest BCUT2D eigenvalue weighted by Gasteiger charge is 2.31. The molecule has 140 valence electrons. The minimum atomic E-state index is -3.03. The van der Waals surface area contributed by atoms with Crippen LogP contribution in [0.1, 0.15) is 28.5 Å². The molecule has 1 N–H and O–H groups in total. The van der Waals surface area contributed by atoms with E-state index >= 15 is 0 Å². The minimum Gasteiger partial charge on any atom is -0.497 e. The number of nitrogens with one attached hydrogen (secondary N) is 1. The molecule has 26 heavy (non-hydrogen) atoms. The third kappa shape index (κ3) is 3.52. The summed E-state index contributed by atoms with van der Waals surface area (Å²) in [5.74, 6) is 0.955. The number of hydrogen-bond acceptors (Lipinski definition) is 6. The summed E-state index contributed by atoms with van der Waals surface area (Å²) >= 11 is 0. The van der Waals surface area contributed by atoms with Gasteiger partial charge in [-0.15, -0.1) is 0 Å². The molecular weight excluding hydrogens is 358 g/mol. The molecule has 2 heterocycles. The quantitative estimate of drug-likeness (QED) is 0.851. The predicted octanol–water partition coefficient (Wildman–Crippen LogP) is 1.82. The van der Waals surface area contributed by atoms with E-state index in [0.717, 1.165) is 0 Å². The van der Waals surface area contributed by atoms with Gasteiger partial charge < -0.3 is 14.8 Å². The van der Waals surface area contributed by atoms with Gasteiger partial charge in [-0.05, 0) is 25.5 Å². The first-order valence-electron chi connectivity index (χ1n) is 8.12. The zero-order valence-electron chi connectivity index (χ0n) is 14.9. The van der Waals surface area contributed by atoms with Crippen LogP contribution in [0.3, 0.4) is 0 Å². The molecule has 1 amide bonds. The van der Waals surface area contributed by atoms with Gasteiger partial charge in [0.25, 0.3) is 5.91 Å². The molecule has 3 rings (SSSR count). The van der Waals surface area contributed by atoms with E-state index < -0.39 is 9.84 Å². The Morgan fingerprint density at radius 2 is 2.08 bits per heavy atom. The molecule has 1 aromatic carbocycles. The van der Waals surface area contributed by atoms with E-state index in [1.807, 2.05) is 0 Å². The Morgan fingerprint density at radius 1 is 1.31 bits per heavy atom. The summed E-state index contributed by atoms with van der Waals surface area (Å²) in [4.78, 5) is 12.7. The lowest BCUT2D eigenvalue weighted by molar-refractivity contribution is 0.102. The number of ether oxygens (including phenoxy) is 2. The van der Waals surface area contributed by atoms with Crippen molar-refractivity contribution >= 4 is 21.4 Å². The molecule has 2 aromatic rings. The summed E-state index contributed by atoms with van der Waals surface area (Å²) < 4.78 is 35.5. The lowest BCUT2D eigenvalue weighted by Gasteiger charge is -2.13. The smallest absolute Gasteiger partial charge is 0.259 e. The van der Waals surface area contributed by atoms with Crippen LogP contribution in [0.4, 0.5) is 5.69 Å². The summed E-state index contributed by atoms with van der Waals surface area (Å²) in [6, 6.07) is 4.87. The number of aromatic nitrogens is 2. The molecule has 1 aromatic heterocycles. The highest BCUT2D eigenvalue weighted by molar-refractivity contribution is 7.91. The first-order valence-corrected chi connectivity index (χ1v) is 9.94. The van der Waals surface area contributed by atoms with Crippen LogP contribution in [0.2, 0.25) is 0 Å². The van der Waals surface area contributed by atoms with Crippen LogP contribution in [-0.2, 0) is 9.84 Å². The Labute approximate surface area is 152 Å². The third-order valence-electron chi connectivity index (χ3n) is 4.50. The lowest BCUT2D eigenvalue weighted by atomic mass is 10.2. The number of rotatable bonds is 5. The number of carbonyl (C=O) groups is 1. The number of hydrogen-bond donors (Lipinski definition) is 1. The maximum Gasteiger partial charge on any atom is 0.259 e. The molecule has 8 nitrogen and oxygen atoms in total. The molecule has 1 aliphatic rings. The summed E-state index contributed by atoms with van der Waals surface area (Å²) in [7, 11) is 0.0257. The fourth-order valence-corrected chi connectivity index (χ4v) is 4.78. The lowest BCUT2D eigenvalue weighted by Crippen LogP contribution is -2.16. The van der Waals surface area contributed by atoms with Crippen molar-refractivity contribution in [3.8, 4) is 11.5 Å². The Bertz CT molecular complexity index is 936. The Morgan fingerprint density at radius 3 is 2.69 bits per heavy atom. The molecule has 1 atom stereocenters. The second-order valence-electron chi connectivity index (χ2n) is 6.17. The van der Waals surface area contributed by atoms with Crippen molar-refractivity contribution in [1.82, 2.24) is 9.78 Å². The summed E-state index contributed by atoms with van der Waals surface area (Å²) in [6.45, 7) is 1.76. The van der Waals surface area contributed by atoms with Crippen LogP contribution >= 0.6 is 0 Å². The fourth-order valence-electron chi connectivity index (χ4n) is 3.08. The normalized spacial score (nSPS) is 18.5. The van der Waals surface area contributed by atoms with Crippen LogP contribution in [0.5, 0.6) is 11.5 Å².